The Hall–Kier alpha value is -2.21. The van der Waals surface area contributed by atoms with Crippen molar-refractivity contribution in [1.82, 2.24) is 10.6 Å². The van der Waals surface area contributed by atoms with E-state index in [1.54, 1.807) is 19.9 Å². The van der Waals surface area contributed by atoms with Crippen molar-refractivity contribution in [3.63, 3.8) is 0 Å². The summed E-state index contributed by atoms with van der Waals surface area (Å²) in [4.78, 5) is 35.1. The number of rotatable bonds is 4. The summed E-state index contributed by atoms with van der Waals surface area (Å²) in [5, 5.41) is 8.01. The van der Waals surface area contributed by atoms with Crippen molar-refractivity contribution in [3.05, 3.63) is 29.3 Å². The number of anilines is 1. The molecule has 20 heavy (non-hydrogen) atoms. The number of hydrogen-bond acceptors (Lipinski definition) is 4. The maximum Gasteiger partial charge on any atom is 0.259 e. The SMILES string of the molecule is CCNC(C)(C)C(=O)Nc1ccc2c(c1)C(=O)NC2=O. The van der Waals surface area contributed by atoms with Gasteiger partial charge in [0.05, 0.1) is 16.7 Å². The zero-order valence-corrected chi connectivity index (χ0v) is 11.7. The van der Waals surface area contributed by atoms with E-state index in [2.05, 4.69) is 16.0 Å². The van der Waals surface area contributed by atoms with Gasteiger partial charge >= 0.3 is 0 Å². The number of carbonyl (C=O) groups is 3. The Bertz CT molecular complexity index is 593. The second-order valence-corrected chi connectivity index (χ2v) is 5.15. The monoisotopic (exact) mass is 275 g/mol. The Morgan fingerprint density at radius 1 is 1.20 bits per heavy atom. The Kier molecular flexibility index (Phi) is 3.59. The normalized spacial score (nSPS) is 13.9. The van der Waals surface area contributed by atoms with Gasteiger partial charge in [0.2, 0.25) is 5.91 Å². The Morgan fingerprint density at radius 2 is 1.85 bits per heavy atom. The standard InChI is InChI=1S/C14H17N3O3/c1-4-15-14(2,3)13(20)16-8-5-6-9-10(7-8)12(19)17-11(9)18/h5-7,15H,4H2,1-3H3,(H,16,20)(H,17,18,19). The summed E-state index contributed by atoms with van der Waals surface area (Å²) in [5.74, 6) is -1.05. The number of hydrogen-bond donors (Lipinski definition) is 3. The molecule has 3 amide bonds. The fourth-order valence-electron chi connectivity index (χ4n) is 2.06. The minimum atomic E-state index is -0.716. The van der Waals surface area contributed by atoms with Crippen LogP contribution in [0.1, 0.15) is 41.5 Å². The first kappa shape index (κ1) is 14.2. The lowest BCUT2D eigenvalue weighted by atomic mass is 10.0. The van der Waals surface area contributed by atoms with Crippen LogP contribution in [-0.2, 0) is 4.79 Å². The maximum absolute atomic E-state index is 12.1. The van der Waals surface area contributed by atoms with Gasteiger partial charge in [0.25, 0.3) is 11.8 Å². The molecule has 1 aromatic carbocycles. The molecule has 106 valence electrons. The fraction of sp³-hybridized carbons (Fsp3) is 0.357. The highest BCUT2D eigenvalue weighted by molar-refractivity contribution is 6.22. The van der Waals surface area contributed by atoms with Gasteiger partial charge in [0.15, 0.2) is 0 Å². The molecule has 6 nitrogen and oxygen atoms in total. The Balaban J connectivity index is 2.20. The van der Waals surface area contributed by atoms with Crippen molar-refractivity contribution >= 4 is 23.4 Å². The molecule has 0 atom stereocenters. The third kappa shape index (κ3) is 2.55. The number of fused-ring (bicyclic) bond motifs is 1. The number of likely N-dealkylation sites (N-methyl/N-ethyl adjacent to an activating group) is 1. The van der Waals surface area contributed by atoms with E-state index in [0.717, 1.165) is 0 Å². The van der Waals surface area contributed by atoms with Crippen molar-refractivity contribution in [2.24, 2.45) is 0 Å². The van der Waals surface area contributed by atoms with Gasteiger partial charge in [-0.2, -0.15) is 0 Å². The molecule has 0 aromatic heterocycles. The third-order valence-corrected chi connectivity index (χ3v) is 3.18. The molecule has 1 heterocycles. The Labute approximate surface area is 116 Å². The number of nitrogens with one attached hydrogen (secondary N) is 3. The summed E-state index contributed by atoms with van der Waals surface area (Å²) in [7, 11) is 0. The number of benzene rings is 1. The first-order valence-corrected chi connectivity index (χ1v) is 6.41. The molecule has 0 saturated carbocycles. The topological polar surface area (TPSA) is 87.3 Å². The van der Waals surface area contributed by atoms with E-state index >= 15 is 0 Å². The molecule has 1 aromatic rings. The van der Waals surface area contributed by atoms with E-state index in [-0.39, 0.29) is 11.5 Å². The van der Waals surface area contributed by atoms with Crippen molar-refractivity contribution in [2.45, 2.75) is 26.3 Å². The quantitative estimate of drug-likeness (QED) is 0.712. The average molecular weight is 275 g/mol. The van der Waals surface area contributed by atoms with Crippen LogP contribution in [0, 0.1) is 0 Å². The summed E-state index contributed by atoms with van der Waals surface area (Å²) in [6.07, 6.45) is 0. The molecule has 0 aliphatic carbocycles. The third-order valence-electron chi connectivity index (χ3n) is 3.18. The summed E-state index contributed by atoms with van der Waals surface area (Å²) in [6.45, 7) is 6.13. The molecule has 0 spiro atoms. The maximum atomic E-state index is 12.1. The van der Waals surface area contributed by atoms with E-state index in [9.17, 15) is 14.4 Å². The van der Waals surface area contributed by atoms with Gasteiger partial charge < -0.3 is 10.6 Å². The highest BCUT2D eigenvalue weighted by Gasteiger charge is 2.29. The number of carbonyl (C=O) groups excluding carboxylic acids is 3. The minimum absolute atomic E-state index is 0.205. The molecule has 0 bridgehead atoms. The molecule has 0 fully saturated rings. The van der Waals surface area contributed by atoms with Gasteiger partial charge in [0, 0.05) is 5.69 Å². The highest BCUT2D eigenvalue weighted by Crippen LogP contribution is 2.21. The van der Waals surface area contributed by atoms with Crippen LogP contribution in [-0.4, -0.2) is 29.8 Å². The molecule has 1 aliphatic heterocycles. The van der Waals surface area contributed by atoms with E-state index in [1.807, 2.05) is 6.92 Å². The lowest BCUT2D eigenvalue weighted by molar-refractivity contribution is -0.121. The van der Waals surface area contributed by atoms with Crippen LogP contribution in [0.15, 0.2) is 18.2 Å². The molecule has 0 saturated heterocycles. The van der Waals surface area contributed by atoms with E-state index < -0.39 is 17.4 Å². The van der Waals surface area contributed by atoms with Crippen LogP contribution >= 0.6 is 0 Å². The van der Waals surface area contributed by atoms with Crippen LogP contribution in [0.5, 0.6) is 0 Å². The summed E-state index contributed by atoms with van der Waals surface area (Å²) < 4.78 is 0. The zero-order valence-electron chi connectivity index (χ0n) is 11.7. The molecule has 3 N–H and O–H groups in total. The number of amides is 3. The van der Waals surface area contributed by atoms with Gasteiger partial charge in [-0.1, -0.05) is 6.92 Å². The van der Waals surface area contributed by atoms with Crippen LogP contribution in [0.25, 0.3) is 0 Å². The summed E-state index contributed by atoms with van der Waals surface area (Å²) in [6, 6.07) is 4.65. The lowest BCUT2D eigenvalue weighted by Crippen LogP contribution is -2.49. The van der Waals surface area contributed by atoms with Gasteiger partial charge in [-0.25, -0.2) is 0 Å². The summed E-state index contributed by atoms with van der Waals surface area (Å²) in [5.41, 5.74) is 0.392. The fourth-order valence-corrected chi connectivity index (χ4v) is 2.06. The molecule has 0 radical (unpaired) electrons. The van der Waals surface area contributed by atoms with Gasteiger partial charge in [-0.05, 0) is 38.6 Å². The number of imide groups is 1. The largest absolute Gasteiger partial charge is 0.324 e. The molecule has 0 unspecified atom stereocenters. The zero-order chi connectivity index (χ0) is 14.9. The van der Waals surface area contributed by atoms with Crippen LogP contribution in [0.2, 0.25) is 0 Å². The second-order valence-electron chi connectivity index (χ2n) is 5.15. The predicted molar refractivity (Wildman–Crippen MR) is 74.6 cm³/mol. The highest BCUT2D eigenvalue weighted by atomic mass is 16.2. The Morgan fingerprint density at radius 3 is 2.50 bits per heavy atom. The van der Waals surface area contributed by atoms with E-state index in [1.165, 1.54) is 12.1 Å². The smallest absolute Gasteiger partial charge is 0.259 e. The van der Waals surface area contributed by atoms with Gasteiger partial charge in [-0.3, -0.25) is 19.7 Å². The molecule has 2 rings (SSSR count). The van der Waals surface area contributed by atoms with Crippen LogP contribution < -0.4 is 16.0 Å². The predicted octanol–water partition coefficient (Wildman–Crippen LogP) is 0.897. The molecule has 6 heteroatoms. The van der Waals surface area contributed by atoms with Crippen molar-refractivity contribution < 1.29 is 14.4 Å². The van der Waals surface area contributed by atoms with Crippen molar-refractivity contribution in [2.75, 3.05) is 11.9 Å². The lowest BCUT2D eigenvalue weighted by Gasteiger charge is -2.24. The first-order valence-electron chi connectivity index (χ1n) is 6.41. The van der Waals surface area contributed by atoms with E-state index in [0.29, 0.717) is 17.8 Å². The average Bonchev–Trinajstić information content (AvgIpc) is 2.64. The van der Waals surface area contributed by atoms with Crippen LogP contribution in [0.3, 0.4) is 0 Å². The minimum Gasteiger partial charge on any atom is -0.324 e. The van der Waals surface area contributed by atoms with Gasteiger partial charge in [0.1, 0.15) is 0 Å². The molecular formula is C14H17N3O3. The van der Waals surface area contributed by atoms with Gasteiger partial charge in [-0.15, -0.1) is 0 Å². The second kappa shape index (κ2) is 5.05. The van der Waals surface area contributed by atoms with Crippen LogP contribution in [0.4, 0.5) is 5.69 Å². The molecule has 1 aliphatic rings. The van der Waals surface area contributed by atoms with E-state index in [4.69, 9.17) is 0 Å². The molecular weight excluding hydrogens is 258 g/mol. The van der Waals surface area contributed by atoms with Crippen molar-refractivity contribution in [1.29, 1.82) is 0 Å². The summed E-state index contributed by atoms with van der Waals surface area (Å²) >= 11 is 0. The van der Waals surface area contributed by atoms with Crippen molar-refractivity contribution in [3.8, 4) is 0 Å². The first-order chi connectivity index (χ1) is 9.35.